The molecule has 0 radical (unpaired) electrons. The smallest absolute Gasteiger partial charge is 0.316 e. The van der Waals surface area contributed by atoms with Gasteiger partial charge in [0.1, 0.15) is 6.10 Å². The summed E-state index contributed by atoms with van der Waals surface area (Å²) in [5.74, 6) is 0. The van der Waals surface area contributed by atoms with Gasteiger partial charge in [-0.05, 0) is 0 Å². The molecule has 1 aliphatic heterocycles. The fourth-order valence-corrected chi connectivity index (χ4v) is 2.29. The predicted octanol–water partition coefficient (Wildman–Crippen LogP) is 0.849. The fraction of sp³-hybridized carbons (Fsp3) is 0.429. The lowest BCUT2D eigenvalue weighted by Gasteiger charge is -2.32. The van der Waals surface area contributed by atoms with E-state index in [2.05, 4.69) is 24.8 Å². The Bertz CT molecular complexity index is 563. The summed E-state index contributed by atoms with van der Waals surface area (Å²) < 4.78 is 10.7. The molecule has 0 aliphatic carbocycles. The summed E-state index contributed by atoms with van der Waals surface area (Å²) in [7, 11) is 1.56. The van der Waals surface area contributed by atoms with E-state index in [1.54, 1.807) is 38.1 Å². The van der Waals surface area contributed by atoms with Crippen molar-refractivity contribution in [2.24, 2.45) is 0 Å². The standard InChI is InChI=1S/C14H17N5O2/c1-20-14-17-6-11(7-18-14)9-19-4-5-21-13(10-19)12-8-15-2-3-16-12/h2-3,6-8,13H,4-5,9-10H2,1H3. The van der Waals surface area contributed by atoms with Crippen molar-refractivity contribution in [3.05, 3.63) is 42.2 Å². The molecule has 1 saturated heterocycles. The van der Waals surface area contributed by atoms with Crippen LogP contribution in [-0.4, -0.2) is 51.6 Å². The van der Waals surface area contributed by atoms with Crippen LogP contribution in [0, 0.1) is 0 Å². The first-order valence-electron chi connectivity index (χ1n) is 6.80. The van der Waals surface area contributed by atoms with Crippen LogP contribution >= 0.6 is 0 Å². The normalized spacial score (nSPS) is 19.4. The highest BCUT2D eigenvalue weighted by molar-refractivity contribution is 5.08. The van der Waals surface area contributed by atoms with Gasteiger partial charge in [0.25, 0.3) is 0 Å². The van der Waals surface area contributed by atoms with Crippen molar-refractivity contribution >= 4 is 0 Å². The third-order valence-electron chi connectivity index (χ3n) is 3.33. The average molecular weight is 287 g/mol. The second kappa shape index (κ2) is 6.55. The van der Waals surface area contributed by atoms with Crippen molar-refractivity contribution in [3.8, 4) is 6.01 Å². The summed E-state index contributed by atoms with van der Waals surface area (Å²) in [4.78, 5) is 19.0. The first-order chi connectivity index (χ1) is 10.3. The molecule has 0 amide bonds. The highest BCUT2D eigenvalue weighted by Gasteiger charge is 2.23. The molecule has 0 aromatic carbocycles. The van der Waals surface area contributed by atoms with Crippen LogP contribution in [0.5, 0.6) is 6.01 Å². The van der Waals surface area contributed by atoms with Crippen molar-refractivity contribution in [3.63, 3.8) is 0 Å². The largest absolute Gasteiger partial charge is 0.467 e. The Morgan fingerprint density at radius 1 is 1.24 bits per heavy atom. The summed E-state index contributed by atoms with van der Waals surface area (Å²) in [6, 6.07) is 0.387. The molecule has 1 atom stereocenters. The zero-order valence-electron chi connectivity index (χ0n) is 11.8. The zero-order valence-corrected chi connectivity index (χ0v) is 11.8. The summed E-state index contributed by atoms with van der Waals surface area (Å²) in [5.41, 5.74) is 1.92. The molecular weight excluding hydrogens is 270 g/mol. The van der Waals surface area contributed by atoms with Crippen molar-refractivity contribution in [2.45, 2.75) is 12.6 Å². The number of methoxy groups -OCH3 is 1. The van der Waals surface area contributed by atoms with E-state index in [-0.39, 0.29) is 6.10 Å². The number of ether oxygens (including phenoxy) is 2. The molecule has 1 aliphatic rings. The highest BCUT2D eigenvalue weighted by atomic mass is 16.5. The Labute approximate surface area is 123 Å². The molecule has 21 heavy (non-hydrogen) atoms. The van der Waals surface area contributed by atoms with E-state index in [1.807, 2.05) is 0 Å². The number of hydrogen-bond donors (Lipinski definition) is 0. The van der Waals surface area contributed by atoms with Gasteiger partial charge in [-0.1, -0.05) is 0 Å². The lowest BCUT2D eigenvalue weighted by Crippen LogP contribution is -2.38. The summed E-state index contributed by atoms with van der Waals surface area (Å²) in [5, 5.41) is 0. The first kappa shape index (κ1) is 13.8. The zero-order chi connectivity index (χ0) is 14.5. The molecule has 3 rings (SSSR count). The van der Waals surface area contributed by atoms with Crippen molar-refractivity contribution < 1.29 is 9.47 Å². The van der Waals surface area contributed by atoms with Gasteiger partial charge in [0.15, 0.2) is 0 Å². The fourth-order valence-electron chi connectivity index (χ4n) is 2.29. The lowest BCUT2D eigenvalue weighted by atomic mass is 10.2. The molecule has 0 saturated carbocycles. The minimum absolute atomic E-state index is 0.0355. The minimum atomic E-state index is -0.0355. The number of nitrogens with zero attached hydrogens (tertiary/aromatic N) is 5. The van der Waals surface area contributed by atoms with Crippen LogP contribution in [0.3, 0.4) is 0 Å². The average Bonchev–Trinajstić information content (AvgIpc) is 2.57. The van der Waals surface area contributed by atoms with Crippen LogP contribution in [0.25, 0.3) is 0 Å². The number of rotatable bonds is 4. The Balaban J connectivity index is 1.63. The van der Waals surface area contributed by atoms with Gasteiger partial charge < -0.3 is 9.47 Å². The maximum absolute atomic E-state index is 5.77. The Morgan fingerprint density at radius 2 is 2.10 bits per heavy atom. The van der Waals surface area contributed by atoms with Gasteiger partial charge in [-0.3, -0.25) is 14.9 Å². The SMILES string of the molecule is COc1ncc(CN2CCOC(c3cnccn3)C2)cn1. The molecule has 0 bridgehead atoms. The van der Waals surface area contributed by atoms with Gasteiger partial charge in [0, 0.05) is 50.0 Å². The van der Waals surface area contributed by atoms with Gasteiger partial charge in [0.05, 0.1) is 25.6 Å². The quantitative estimate of drug-likeness (QED) is 0.825. The monoisotopic (exact) mass is 287 g/mol. The number of hydrogen-bond acceptors (Lipinski definition) is 7. The lowest BCUT2D eigenvalue weighted by molar-refractivity contribution is -0.0352. The summed E-state index contributed by atoms with van der Waals surface area (Å²) in [6.07, 6.45) is 8.65. The minimum Gasteiger partial charge on any atom is -0.467 e. The third-order valence-corrected chi connectivity index (χ3v) is 3.33. The molecule has 7 nitrogen and oxygen atoms in total. The molecule has 110 valence electrons. The summed E-state index contributed by atoms with van der Waals surface area (Å²) >= 11 is 0. The van der Waals surface area contributed by atoms with E-state index in [1.165, 1.54) is 0 Å². The van der Waals surface area contributed by atoms with E-state index < -0.39 is 0 Å². The molecule has 1 unspecified atom stereocenters. The predicted molar refractivity (Wildman–Crippen MR) is 74.6 cm³/mol. The Morgan fingerprint density at radius 3 is 2.81 bits per heavy atom. The summed E-state index contributed by atoms with van der Waals surface area (Å²) in [6.45, 7) is 3.12. The second-order valence-corrected chi connectivity index (χ2v) is 4.80. The van der Waals surface area contributed by atoms with Crippen molar-refractivity contribution in [2.75, 3.05) is 26.8 Å². The van der Waals surface area contributed by atoms with Crippen LogP contribution in [0.4, 0.5) is 0 Å². The van der Waals surface area contributed by atoms with Crippen molar-refractivity contribution in [1.29, 1.82) is 0 Å². The van der Waals surface area contributed by atoms with Gasteiger partial charge >= 0.3 is 6.01 Å². The van der Waals surface area contributed by atoms with E-state index in [4.69, 9.17) is 9.47 Å². The molecule has 0 N–H and O–H groups in total. The van der Waals surface area contributed by atoms with Gasteiger partial charge in [-0.15, -0.1) is 0 Å². The maximum atomic E-state index is 5.77. The number of aromatic nitrogens is 4. The first-order valence-corrected chi connectivity index (χ1v) is 6.80. The van der Waals surface area contributed by atoms with E-state index in [0.717, 1.165) is 30.9 Å². The molecule has 7 heteroatoms. The molecule has 3 heterocycles. The Kier molecular flexibility index (Phi) is 4.32. The van der Waals surface area contributed by atoms with Crippen molar-refractivity contribution in [1.82, 2.24) is 24.8 Å². The topological polar surface area (TPSA) is 73.3 Å². The Hall–Kier alpha value is -2.12. The molecule has 2 aromatic rings. The van der Waals surface area contributed by atoms with Crippen LogP contribution in [0.2, 0.25) is 0 Å². The van der Waals surface area contributed by atoms with E-state index in [9.17, 15) is 0 Å². The van der Waals surface area contributed by atoms with E-state index in [0.29, 0.717) is 12.6 Å². The maximum Gasteiger partial charge on any atom is 0.316 e. The van der Waals surface area contributed by atoms with Gasteiger partial charge in [-0.25, -0.2) is 9.97 Å². The second-order valence-electron chi connectivity index (χ2n) is 4.80. The van der Waals surface area contributed by atoms with Crippen LogP contribution in [-0.2, 0) is 11.3 Å². The third kappa shape index (κ3) is 3.50. The van der Waals surface area contributed by atoms with Crippen LogP contribution in [0.1, 0.15) is 17.4 Å². The number of morpholine rings is 1. The van der Waals surface area contributed by atoms with Crippen LogP contribution < -0.4 is 4.74 Å². The van der Waals surface area contributed by atoms with Gasteiger partial charge in [-0.2, -0.15) is 0 Å². The molecule has 1 fully saturated rings. The molecule has 2 aromatic heterocycles. The molecular formula is C14H17N5O2. The van der Waals surface area contributed by atoms with Gasteiger partial charge in [0.2, 0.25) is 0 Å². The molecule has 0 spiro atoms. The highest BCUT2D eigenvalue weighted by Crippen LogP contribution is 2.20. The van der Waals surface area contributed by atoms with E-state index >= 15 is 0 Å². The van der Waals surface area contributed by atoms with Crippen LogP contribution in [0.15, 0.2) is 31.0 Å².